The summed E-state index contributed by atoms with van der Waals surface area (Å²) in [7, 11) is 0. The van der Waals surface area contributed by atoms with Crippen molar-refractivity contribution in [2.75, 3.05) is 44.0 Å². The number of fused-ring (bicyclic) bond motifs is 2. The number of alkyl halides is 2. The molecule has 4 aromatic rings. The third kappa shape index (κ3) is 3.86. The number of aryl methyl sites for hydroxylation is 2. The monoisotopic (exact) mass is 483 g/mol. The molecule has 3 N–H and O–H groups in total. The topological polar surface area (TPSA) is 111 Å². The second kappa shape index (κ2) is 8.68. The Labute approximate surface area is 200 Å². The smallest absolute Gasteiger partial charge is 0.243 e. The number of anilines is 2. The summed E-state index contributed by atoms with van der Waals surface area (Å²) >= 11 is 0. The number of halogens is 2. The van der Waals surface area contributed by atoms with Crippen LogP contribution in [0.5, 0.6) is 0 Å². The average molecular weight is 484 g/mol. The maximum atomic E-state index is 14.9. The first kappa shape index (κ1) is 22.1. The summed E-state index contributed by atoms with van der Waals surface area (Å²) in [5.41, 5.74) is 9.67. The predicted molar refractivity (Wildman–Crippen MR) is 128 cm³/mol. The zero-order valence-electron chi connectivity index (χ0n) is 19.4. The maximum absolute atomic E-state index is 14.9. The number of hydrogen-bond donors (Lipinski definition) is 2. The van der Waals surface area contributed by atoms with Gasteiger partial charge in [-0.3, -0.25) is 4.90 Å². The molecule has 0 radical (unpaired) electrons. The zero-order valence-corrected chi connectivity index (χ0v) is 19.4. The number of rotatable bonds is 6. The molecule has 35 heavy (non-hydrogen) atoms. The molecule has 6 heterocycles. The Morgan fingerprint density at radius 2 is 2.06 bits per heavy atom. The van der Waals surface area contributed by atoms with Gasteiger partial charge in [-0.1, -0.05) is 0 Å². The fourth-order valence-electron chi connectivity index (χ4n) is 4.96. The number of nitrogen functional groups attached to an aromatic ring is 1. The van der Waals surface area contributed by atoms with Crippen molar-refractivity contribution in [3.05, 3.63) is 30.2 Å². The normalized spacial score (nSPS) is 21.6. The van der Waals surface area contributed by atoms with E-state index in [0.717, 1.165) is 12.1 Å². The van der Waals surface area contributed by atoms with E-state index in [1.807, 2.05) is 25.1 Å². The van der Waals surface area contributed by atoms with Crippen molar-refractivity contribution in [2.45, 2.75) is 38.1 Å². The molecule has 2 atom stereocenters. The van der Waals surface area contributed by atoms with Gasteiger partial charge in [0.15, 0.2) is 11.5 Å². The van der Waals surface area contributed by atoms with E-state index >= 15 is 0 Å². The second-order valence-electron chi connectivity index (χ2n) is 9.12. The molecule has 0 unspecified atom stereocenters. The lowest BCUT2D eigenvalue weighted by molar-refractivity contribution is -0.0794. The first-order chi connectivity index (χ1) is 17.0. The molecule has 2 saturated heterocycles. The number of piperidine rings is 1. The summed E-state index contributed by atoms with van der Waals surface area (Å²) in [6, 6.07) is 5.51. The van der Waals surface area contributed by atoms with Crippen LogP contribution in [0.4, 0.5) is 20.5 Å². The van der Waals surface area contributed by atoms with E-state index in [4.69, 9.17) is 15.5 Å². The number of hydrogen-bond acceptors (Lipinski definition) is 8. The van der Waals surface area contributed by atoms with E-state index in [-0.39, 0.29) is 24.4 Å². The van der Waals surface area contributed by atoms with E-state index < -0.39 is 12.8 Å². The average Bonchev–Trinajstić information content (AvgIpc) is 3.36. The number of imidazole rings is 1. The Kier molecular flexibility index (Phi) is 5.49. The first-order valence-electron chi connectivity index (χ1n) is 11.8. The predicted octanol–water partition coefficient (Wildman–Crippen LogP) is 2.22. The third-order valence-corrected chi connectivity index (χ3v) is 6.93. The van der Waals surface area contributed by atoms with Gasteiger partial charge in [0.25, 0.3) is 0 Å². The molecule has 0 saturated carbocycles. The summed E-state index contributed by atoms with van der Waals surface area (Å²) in [4.78, 5) is 15.8. The Hall–Kier alpha value is -3.38. The van der Waals surface area contributed by atoms with E-state index in [2.05, 4.69) is 25.3 Å². The number of nitrogens with one attached hydrogen (secondary N) is 1. The molecule has 0 spiro atoms. The standard InChI is InChI=1S/C23H27F2N9O/c1-13-27-19-3-2-17(28-22(19)33(13)9-6-24)15-4-8-34-20(15)21(26)30-23(31-34)29-18-5-7-32(10-16(18)25)14-11-35-12-14/h2-4,8,14,16,18H,5-7,9-12H2,1H3,(H3,26,29,30,31)/t16-,18+/m0/s1. The van der Waals surface area contributed by atoms with Gasteiger partial charge in [0.2, 0.25) is 5.95 Å². The lowest BCUT2D eigenvalue weighted by Gasteiger charge is -2.42. The van der Waals surface area contributed by atoms with Gasteiger partial charge >= 0.3 is 0 Å². The zero-order chi connectivity index (χ0) is 24.1. The molecule has 6 rings (SSSR count). The molecule has 2 aliphatic heterocycles. The summed E-state index contributed by atoms with van der Waals surface area (Å²) in [5, 5.41) is 7.66. The van der Waals surface area contributed by atoms with Gasteiger partial charge in [-0.05, 0) is 31.5 Å². The second-order valence-corrected chi connectivity index (χ2v) is 9.12. The Morgan fingerprint density at radius 1 is 1.20 bits per heavy atom. The molecule has 0 bridgehead atoms. The van der Waals surface area contributed by atoms with Crippen molar-refractivity contribution in [1.82, 2.24) is 34.0 Å². The van der Waals surface area contributed by atoms with E-state index in [1.165, 1.54) is 0 Å². The summed E-state index contributed by atoms with van der Waals surface area (Å²) in [6.07, 6.45) is 1.38. The van der Waals surface area contributed by atoms with Crippen LogP contribution < -0.4 is 11.1 Å². The molecule has 2 aliphatic rings. The minimum atomic E-state index is -1.04. The van der Waals surface area contributed by atoms with Gasteiger partial charge in [-0.2, -0.15) is 4.98 Å². The highest BCUT2D eigenvalue weighted by Crippen LogP contribution is 2.30. The fourth-order valence-corrected chi connectivity index (χ4v) is 4.96. The number of aromatic nitrogens is 6. The van der Waals surface area contributed by atoms with Crippen molar-refractivity contribution in [1.29, 1.82) is 0 Å². The fraction of sp³-hybridized carbons (Fsp3) is 0.478. The van der Waals surface area contributed by atoms with Gasteiger partial charge < -0.3 is 20.4 Å². The molecule has 10 nitrogen and oxygen atoms in total. The molecule has 0 amide bonds. The van der Waals surface area contributed by atoms with E-state index in [9.17, 15) is 8.78 Å². The van der Waals surface area contributed by atoms with Crippen LogP contribution in [0.2, 0.25) is 0 Å². The molecular formula is C23H27F2N9O. The van der Waals surface area contributed by atoms with Crippen LogP contribution in [0.3, 0.4) is 0 Å². The Bertz CT molecular complexity index is 1380. The number of ether oxygens (including phenoxy) is 1. The van der Waals surface area contributed by atoms with Crippen molar-refractivity contribution < 1.29 is 13.5 Å². The lowest BCUT2D eigenvalue weighted by atomic mass is 10.0. The van der Waals surface area contributed by atoms with Gasteiger partial charge in [-0.15, -0.1) is 5.10 Å². The molecule has 2 fully saturated rings. The number of pyridine rings is 1. The van der Waals surface area contributed by atoms with Crippen LogP contribution in [0.25, 0.3) is 27.9 Å². The van der Waals surface area contributed by atoms with Crippen LogP contribution in [0.15, 0.2) is 24.4 Å². The van der Waals surface area contributed by atoms with E-state index in [1.54, 1.807) is 15.3 Å². The van der Waals surface area contributed by atoms with Crippen molar-refractivity contribution in [3.8, 4) is 11.3 Å². The Balaban J connectivity index is 1.27. The lowest BCUT2D eigenvalue weighted by Crippen LogP contribution is -2.57. The van der Waals surface area contributed by atoms with Crippen LogP contribution in [0, 0.1) is 6.92 Å². The maximum Gasteiger partial charge on any atom is 0.243 e. The van der Waals surface area contributed by atoms with Crippen LogP contribution >= 0.6 is 0 Å². The van der Waals surface area contributed by atoms with Crippen molar-refractivity contribution >= 4 is 28.4 Å². The van der Waals surface area contributed by atoms with E-state index in [0.29, 0.717) is 60.4 Å². The molecular weight excluding hydrogens is 456 g/mol. The van der Waals surface area contributed by atoms with Crippen molar-refractivity contribution in [2.24, 2.45) is 0 Å². The van der Waals surface area contributed by atoms with Crippen LogP contribution in [-0.2, 0) is 11.3 Å². The van der Waals surface area contributed by atoms with Gasteiger partial charge in [0.1, 0.15) is 29.7 Å². The minimum Gasteiger partial charge on any atom is -0.382 e. The molecule has 0 aromatic carbocycles. The van der Waals surface area contributed by atoms with Crippen molar-refractivity contribution in [3.63, 3.8) is 0 Å². The Morgan fingerprint density at radius 3 is 2.80 bits per heavy atom. The third-order valence-electron chi connectivity index (χ3n) is 6.93. The summed E-state index contributed by atoms with van der Waals surface area (Å²) < 4.78 is 36.6. The highest BCUT2D eigenvalue weighted by molar-refractivity contribution is 5.88. The quantitative estimate of drug-likeness (QED) is 0.430. The van der Waals surface area contributed by atoms with Gasteiger partial charge in [0.05, 0.1) is 37.5 Å². The molecule has 12 heteroatoms. The molecule has 0 aliphatic carbocycles. The highest BCUT2D eigenvalue weighted by Gasteiger charge is 2.35. The number of nitrogens with zero attached hydrogens (tertiary/aromatic N) is 7. The van der Waals surface area contributed by atoms with Gasteiger partial charge in [0, 0.05) is 24.8 Å². The van der Waals surface area contributed by atoms with Crippen LogP contribution in [0.1, 0.15) is 12.2 Å². The largest absolute Gasteiger partial charge is 0.382 e. The summed E-state index contributed by atoms with van der Waals surface area (Å²) in [6.45, 7) is 4.04. The number of likely N-dealkylation sites (tertiary alicyclic amines) is 1. The minimum absolute atomic E-state index is 0.193. The number of nitrogens with two attached hydrogens (primary N) is 1. The molecule has 184 valence electrons. The molecule has 4 aromatic heterocycles. The van der Waals surface area contributed by atoms with Crippen LogP contribution in [-0.4, -0.2) is 85.3 Å². The first-order valence-corrected chi connectivity index (χ1v) is 11.8. The summed E-state index contributed by atoms with van der Waals surface area (Å²) in [5.74, 6) is 1.25. The highest BCUT2D eigenvalue weighted by atomic mass is 19.1. The SMILES string of the molecule is Cc1nc2ccc(-c3ccn4nc(N[C@@H]5CCN(C6COC6)C[C@@H]5F)nc(N)c34)nc2n1CCF. The van der Waals surface area contributed by atoms with Gasteiger partial charge in [-0.25, -0.2) is 23.3 Å².